The van der Waals surface area contributed by atoms with E-state index in [9.17, 15) is 9.18 Å². The average molecular weight is 360 g/mol. The van der Waals surface area contributed by atoms with Gasteiger partial charge < -0.3 is 4.74 Å². The van der Waals surface area contributed by atoms with Crippen molar-refractivity contribution in [1.82, 2.24) is 19.8 Å². The van der Waals surface area contributed by atoms with Crippen LogP contribution in [0.5, 0.6) is 11.6 Å². The number of carbonyl (C=O) groups excluding carboxylic acids is 1. The highest BCUT2D eigenvalue weighted by atomic mass is 19.1. The van der Waals surface area contributed by atoms with E-state index in [2.05, 4.69) is 15.3 Å². The van der Waals surface area contributed by atoms with Crippen molar-refractivity contribution < 1.29 is 13.9 Å². The van der Waals surface area contributed by atoms with Gasteiger partial charge in [-0.15, -0.1) is 15.3 Å². The molecule has 1 aliphatic rings. The van der Waals surface area contributed by atoms with E-state index in [1.54, 1.807) is 42.5 Å². The molecule has 7 heteroatoms. The Balaban J connectivity index is 1.53. The SMILES string of the molecule is O=C1CCc2cc(Oc3ccc4nnc(-c5ccccc5F)n4n3)ccc21. The first-order valence-electron chi connectivity index (χ1n) is 8.50. The molecule has 0 amide bonds. The summed E-state index contributed by atoms with van der Waals surface area (Å²) >= 11 is 0. The van der Waals surface area contributed by atoms with Crippen molar-refractivity contribution in [2.24, 2.45) is 0 Å². The highest BCUT2D eigenvalue weighted by Gasteiger charge is 2.20. The van der Waals surface area contributed by atoms with Gasteiger partial charge in [0.2, 0.25) is 5.88 Å². The summed E-state index contributed by atoms with van der Waals surface area (Å²) in [5.74, 6) is 0.978. The zero-order valence-corrected chi connectivity index (χ0v) is 14.1. The van der Waals surface area contributed by atoms with E-state index in [4.69, 9.17) is 4.74 Å². The van der Waals surface area contributed by atoms with Gasteiger partial charge >= 0.3 is 0 Å². The van der Waals surface area contributed by atoms with E-state index in [1.165, 1.54) is 10.6 Å². The molecule has 2 aromatic heterocycles. The van der Waals surface area contributed by atoms with Gasteiger partial charge in [0, 0.05) is 18.1 Å². The normalized spacial score (nSPS) is 13.1. The summed E-state index contributed by atoms with van der Waals surface area (Å²) in [4.78, 5) is 11.8. The summed E-state index contributed by atoms with van der Waals surface area (Å²) in [6.07, 6.45) is 1.26. The third-order valence-electron chi connectivity index (χ3n) is 4.57. The van der Waals surface area contributed by atoms with Gasteiger partial charge in [0.05, 0.1) is 5.56 Å². The standard InChI is InChI=1S/C20H13FN4O2/c21-16-4-2-1-3-15(16)20-23-22-18-9-10-19(24-25(18)20)27-13-6-7-14-12(11-13)5-8-17(14)26/h1-4,6-7,9-11H,5,8H2. The van der Waals surface area contributed by atoms with Crippen LogP contribution in [0.25, 0.3) is 17.0 Å². The maximum Gasteiger partial charge on any atom is 0.237 e. The van der Waals surface area contributed by atoms with Gasteiger partial charge in [0.25, 0.3) is 0 Å². The quantitative estimate of drug-likeness (QED) is 0.555. The predicted molar refractivity (Wildman–Crippen MR) is 95.3 cm³/mol. The fourth-order valence-electron chi connectivity index (χ4n) is 3.25. The topological polar surface area (TPSA) is 69.4 Å². The van der Waals surface area contributed by atoms with Crippen LogP contribution in [-0.4, -0.2) is 25.6 Å². The van der Waals surface area contributed by atoms with Crippen molar-refractivity contribution in [3.63, 3.8) is 0 Å². The van der Waals surface area contributed by atoms with Crippen molar-refractivity contribution >= 4 is 11.4 Å². The Kier molecular flexibility index (Phi) is 3.46. The minimum atomic E-state index is -0.400. The summed E-state index contributed by atoms with van der Waals surface area (Å²) in [7, 11) is 0. The smallest absolute Gasteiger partial charge is 0.237 e. The van der Waals surface area contributed by atoms with E-state index < -0.39 is 5.82 Å². The van der Waals surface area contributed by atoms with E-state index in [0.717, 1.165) is 17.5 Å². The monoisotopic (exact) mass is 360 g/mol. The molecule has 0 aliphatic heterocycles. The highest BCUT2D eigenvalue weighted by Crippen LogP contribution is 2.29. The van der Waals surface area contributed by atoms with Crippen LogP contribution in [0.2, 0.25) is 0 Å². The van der Waals surface area contributed by atoms with Crippen molar-refractivity contribution in [2.45, 2.75) is 12.8 Å². The molecule has 0 unspecified atom stereocenters. The molecule has 1 aliphatic carbocycles. The number of benzene rings is 2. The van der Waals surface area contributed by atoms with E-state index in [1.807, 2.05) is 6.07 Å². The molecule has 5 rings (SSSR count). The van der Waals surface area contributed by atoms with Gasteiger partial charge in [0.15, 0.2) is 17.3 Å². The number of fused-ring (bicyclic) bond motifs is 2. The largest absolute Gasteiger partial charge is 0.438 e. The number of Topliss-reactive ketones (excluding diaryl/α,β-unsaturated/α-hetero) is 1. The van der Waals surface area contributed by atoms with Crippen LogP contribution in [0, 0.1) is 5.82 Å². The van der Waals surface area contributed by atoms with Crippen molar-refractivity contribution in [2.75, 3.05) is 0 Å². The number of ketones is 1. The molecule has 132 valence electrons. The van der Waals surface area contributed by atoms with Crippen LogP contribution >= 0.6 is 0 Å². The fraction of sp³-hybridized carbons (Fsp3) is 0.100. The molecule has 0 radical (unpaired) electrons. The van der Waals surface area contributed by atoms with Crippen molar-refractivity contribution in [1.29, 1.82) is 0 Å². The Hall–Kier alpha value is -3.61. The molecular weight excluding hydrogens is 347 g/mol. The first kappa shape index (κ1) is 15.6. The minimum absolute atomic E-state index is 0.162. The number of rotatable bonds is 3. The predicted octanol–water partition coefficient (Wildman–Crippen LogP) is 3.85. The van der Waals surface area contributed by atoms with E-state index >= 15 is 0 Å². The zero-order chi connectivity index (χ0) is 18.4. The molecule has 0 spiro atoms. The molecule has 0 bridgehead atoms. The maximum atomic E-state index is 14.1. The summed E-state index contributed by atoms with van der Waals surface area (Å²) in [5, 5.41) is 12.5. The van der Waals surface area contributed by atoms with Gasteiger partial charge in [-0.05, 0) is 48.4 Å². The Morgan fingerprint density at radius 3 is 2.74 bits per heavy atom. The number of halogens is 1. The Morgan fingerprint density at radius 1 is 0.963 bits per heavy atom. The van der Waals surface area contributed by atoms with E-state index in [0.29, 0.717) is 35.1 Å². The van der Waals surface area contributed by atoms with E-state index in [-0.39, 0.29) is 5.78 Å². The molecule has 2 aromatic carbocycles. The summed E-state index contributed by atoms with van der Waals surface area (Å²) in [5.41, 5.74) is 2.53. The van der Waals surface area contributed by atoms with Crippen LogP contribution < -0.4 is 4.74 Å². The summed E-state index contributed by atoms with van der Waals surface area (Å²) < 4.78 is 21.4. The fourth-order valence-corrected chi connectivity index (χ4v) is 3.25. The third-order valence-corrected chi connectivity index (χ3v) is 4.57. The molecule has 4 aromatic rings. The number of ether oxygens (including phenoxy) is 1. The minimum Gasteiger partial charge on any atom is -0.438 e. The van der Waals surface area contributed by atoms with Crippen molar-refractivity contribution in [3.05, 3.63) is 71.5 Å². The van der Waals surface area contributed by atoms with Crippen LogP contribution in [0.4, 0.5) is 4.39 Å². The number of hydrogen-bond donors (Lipinski definition) is 0. The van der Waals surface area contributed by atoms with Crippen LogP contribution in [0.15, 0.2) is 54.6 Å². The Labute approximate surface area is 153 Å². The molecule has 0 saturated carbocycles. The lowest BCUT2D eigenvalue weighted by Crippen LogP contribution is -1.99. The second-order valence-electron chi connectivity index (χ2n) is 6.29. The summed E-state index contributed by atoms with van der Waals surface area (Å²) in [6.45, 7) is 0. The van der Waals surface area contributed by atoms with Crippen LogP contribution in [0.1, 0.15) is 22.3 Å². The number of aryl methyl sites for hydroxylation is 1. The first-order chi connectivity index (χ1) is 13.2. The third kappa shape index (κ3) is 2.64. The second-order valence-corrected chi connectivity index (χ2v) is 6.29. The van der Waals surface area contributed by atoms with Gasteiger partial charge in [0.1, 0.15) is 11.6 Å². The molecule has 0 atom stereocenters. The van der Waals surface area contributed by atoms with Gasteiger partial charge in [-0.3, -0.25) is 4.79 Å². The molecule has 0 saturated heterocycles. The van der Waals surface area contributed by atoms with Crippen LogP contribution in [0.3, 0.4) is 0 Å². The highest BCUT2D eigenvalue weighted by molar-refractivity contribution is 6.00. The number of aromatic nitrogens is 4. The molecule has 2 heterocycles. The molecular formula is C20H13FN4O2. The van der Waals surface area contributed by atoms with Crippen LogP contribution in [-0.2, 0) is 6.42 Å². The molecule has 27 heavy (non-hydrogen) atoms. The lowest BCUT2D eigenvalue weighted by molar-refractivity contribution is 0.0994. The second kappa shape index (κ2) is 5.98. The molecule has 0 fully saturated rings. The number of hydrogen-bond acceptors (Lipinski definition) is 5. The van der Waals surface area contributed by atoms with Gasteiger partial charge in [-0.2, -0.15) is 4.52 Å². The van der Waals surface area contributed by atoms with Gasteiger partial charge in [-0.1, -0.05) is 12.1 Å². The van der Waals surface area contributed by atoms with Crippen molar-refractivity contribution in [3.8, 4) is 23.0 Å². The number of nitrogens with zero attached hydrogens (tertiary/aromatic N) is 4. The first-order valence-corrected chi connectivity index (χ1v) is 8.50. The zero-order valence-electron chi connectivity index (χ0n) is 14.1. The summed E-state index contributed by atoms with van der Waals surface area (Å²) in [6, 6.07) is 15.1. The maximum absolute atomic E-state index is 14.1. The lowest BCUT2D eigenvalue weighted by atomic mass is 10.1. The van der Waals surface area contributed by atoms with Gasteiger partial charge in [-0.25, -0.2) is 4.39 Å². The Morgan fingerprint density at radius 2 is 1.85 bits per heavy atom. The lowest BCUT2D eigenvalue weighted by Gasteiger charge is -2.07. The number of carbonyl (C=O) groups is 1. The Bertz CT molecular complexity index is 1200. The molecule has 6 nitrogen and oxygen atoms in total. The average Bonchev–Trinajstić information content (AvgIpc) is 3.26. The molecule has 0 N–H and O–H groups in total.